The molecule has 1 fully saturated rings. The molecule has 118 valence electrons. The standard InChI is InChI=1S/C14H29NO4Si/c1-4-17-20(18-5-2,19-6-3)13-9-12-15-11-8-7-10-14(15)16/h4-13H2,1-3H3. The van der Waals surface area contributed by atoms with Gasteiger partial charge in [0.2, 0.25) is 5.91 Å². The van der Waals surface area contributed by atoms with E-state index in [9.17, 15) is 4.79 Å². The molecular formula is C14H29NO4Si. The Labute approximate surface area is 123 Å². The van der Waals surface area contributed by atoms with Crippen LogP contribution in [0.5, 0.6) is 0 Å². The largest absolute Gasteiger partial charge is 0.500 e. The quantitative estimate of drug-likeness (QED) is 0.582. The first-order valence-electron chi connectivity index (χ1n) is 7.87. The third kappa shape index (κ3) is 5.52. The van der Waals surface area contributed by atoms with E-state index >= 15 is 0 Å². The van der Waals surface area contributed by atoms with Gasteiger partial charge >= 0.3 is 8.80 Å². The second-order valence-electron chi connectivity index (χ2n) is 4.92. The lowest BCUT2D eigenvalue weighted by molar-refractivity contribution is -0.133. The lowest BCUT2D eigenvalue weighted by atomic mass is 10.1. The molecule has 20 heavy (non-hydrogen) atoms. The Kier molecular flexibility index (Phi) is 8.36. The van der Waals surface area contributed by atoms with Crippen LogP contribution < -0.4 is 0 Å². The molecule has 6 heteroatoms. The summed E-state index contributed by atoms with van der Waals surface area (Å²) in [6.07, 6.45) is 3.74. The van der Waals surface area contributed by atoms with Crippen molar-refractivity contribution >= 4 is 14.7 Å². The van der Waals surface area contributed by atoms with Crippen LogP contribution in [0.3, 0.4) is 0 Å². The fourth-order valence-corrected chi connectivity index (χ4v) is 5.18. The number of rotatable bonds is 10. The van der Waals surface area contributed by atoms with Crippen molar-refractivity contribution < 1.29 is 18.1 Å². The molecule has 0 bridgehead atoms. The zero-order valence-electron chi connectivity index (χ0n) is 13.2. The number of carbonyl (C=O) groups excluding carboxylic acids is 1. The van der Waals surface area contributed by atoms with Gasteiger partial charge in [0.25, 0.3) is 0 Å². The van der Waals surface area contributed by atoms with E-state index in [4.69, 9.17) is 13.3 Å². The summed E-state index contributed by atoms with van der Waals surface area (Å²) in [6.45, 7) is 9.40. The van der Waals surface area contributed by atoms with Crippen molar-refractivity contribution in [2.45, 2.75) is 52.5 Å². The summed E-state index contributed by atoms with van der Waals surface area (Å²) in [6, 6.07) is 0.784. The summed E-state index contributed by atoms with van der Waals surface area (Å²) in [7, 11) is -2.54. The van der Waals surface area contributed by atoms with E-state index in [-0.39, 0.29) is 5.91 Å². The Morgan fingerprint density at radius 1 is 1.05 bits per heavy atom. The van der Waals surface area contributed by atoms with Gasteiger partial charge in [-0.05, 0) is 40.0 Å². The lowest BCUT2D eigenvalue weighted by Crippen LogP contribution is -2.46. The summed E-state index contributed by atoms with van der Waals surface area (Å²) in [4.78, 5) is 13.7. The SMILES string of the molecule is CCO[Si](CCCN1CCCCC1=O)(OCC)OCC. The van der Waals surface area contributed by atoms with E-state index in [0.29, 0.717) is 26.2 Å². The number of likely N-dealkylation sites (tertiary alicyclic amines) is 1. The number of hydrogen-bond donors (Lipinski definition) is 0. The average molecular weight is 303 g/mol. The lowest BCUT2D eigenvalue weighted by Gasteiger charge is -2.30. The predicted molar refractivity (Wildman–Crippen MR) is 80.5 cm³/mol. The van der Waals surface area contributed by atoms with Gasteiger partial charge in [-0.15, -0.1) is 0 Å². The molecule has 1 aliphatic rings. The number of carbonyl (C=O) groups is 1. The van der Waals surface area contributed by atoms with Crippen molar-refractivity contribution in [1.29, 1.82) is 0 Å². The van der Waals surface area contributed by atoms with Crippen LogP contribution in [0.1, 0.15) is 46.5 Å². The first kappa shape index (κ1) is 17.6. The highest BCUT2D eigenvalue weighted by molar-refractivity contribution is 6.60. The zero-order chi connectivity index (χ0) is 14.8. The van der Waals surface area contributed by atoms with E-state index in [0.717, 1.165) is 38.4 Å². The van der Waals surface area contributed by atoms with E-state index in [1.54, 1.807) is 0 Å². The monoisotopic (exact) mass is 303 g/mol. The average Bonchev–Trinajstić information content (AvgIpc) is 2.42. The van der Waals surface area contributed by atoms with E-state index in [1.165, 1.54) is 0 Å². The summed E-state index contributed by atoms with van der Waals surface area (Å²) >= 11 is 0. The van der Waals surface area contributed by atoms with Crippen LogP contribution in [0.25, 0.3) is 0 Å². The van der Waals surface area contributed by atoms with Gasteiger partial charge in [-0.3, -0.25) is 4.79 Å². The van der Waals surface area contributed by atoms with Crippen LogP contribution in [0.4, 0.5) is 0 Å². The summed E-state index contributed by atoms with van der Waals surface area (Å²) in [5.74, 6) is 0.285. The highest BCUT2D eigenvalue weighted by atomic mass is 28.4. The van der Waals surface area contributed by atoms with Crippen molar-refractivity contribution in [1.82, 2.24) is 4.90 Å². The van der Waals surface area contributed by atoms with Gasteiger partial charge in [0, 0.05) is 45.4 Å². The minimum absolute atomic E-state index is 0.285. The minimum atomic E-state index is -2.54. The third-order valence-electron chi connectivity index (χ3n) is 3.43. The molecule has 0 aromatic rings. The van der Waals surface area contributed by atoms with Gasteiger partial charge in [-0.1, -0.05) is 0 Å². The molecule has 0 aliphatic carbocycles. The van der Waals surface area contributed by atoms with Gasteiger partial charge in [0.05, 0.1) is 0 Å². The second-order valence-corrected chi connectivity index (χ2v) is 7.66. The van der Waals surface area contributed by atoms with Crippen LogP contribution in [0.2, 0.25) is 6.04 Å². The van der Waals surface area contributed by atoms with E-state index < -0.39 is 8.80 Å². The molecule has 5 nitrogen and oxygen atoms in total. The summed E-state index contributed by atoms with van der Waals surface area (Å²) < 4.78 is 17.5. The summed E-state index contributed by atoms with van der Waals surface area (Å²) in [5.41, 5.74) is 0. The molecule has 0 radical (unpaired) electrons. The molecule has 1 rings (SSSR count). The Hall–Kier alpha value is -0.433. The predicted octanol–water partition coefficient (Wildman–Crippen LogP) is 2.44. The maximum atomic E-state index is 11.8. The van der Waals surface area contributed by atoms with E-state index in [2.05, 4.69) is 0 Å². The van der Waals surface area contributed by atoms with Crippen molar-refractivity contribution in [2.24, 2.45) is 0 Å². The summed E-state index contributed by atoms with van der Waals surface area (Å²) in [5, 5.41) is 0. The molecule has 0 N–H and O–H groups in total. The molecule has 1 amide bonds. The maximum Gasteiger partial charge on any atom is 0.500 e. The molecule has 1 heterocycles. The smallest absolute Gasteiger partial charge is 0.374 e. The first-order chi connectivity index (χ1) is 9.67. The van der Waals surface area contributed by atoms with Crippen molar-refractivity contribution in [3.8, 4) is 0 Å². The van der Waals surface area contributed by atoms with Crippen LogP contribution in [0.15, 0.2) is 0 Å². The molecule has 1 saturated heterocycles. The first-order valence-corrected chi connectivity index (χ1v) is 9.80. The van der Waals surface area contributed by atoms with Gasteiger partial charge in [0.1, 0.15) is 0 Å². The van der Waals surface area contributed by atoms with Gasteiger partial charge < -0.3 is 18.2 Å². The Morgan fingerprint density at radius 2 is 1.65 bits per heavy atom. The van der Waals surface area contributed by atoms with Gasteiger partial charge in [0.15, 0.2) is 0 Å². The Bertz CT molecular complexity index is 271. The number of nitrogens with zero attached hydrogens (tertiary/aromatic N) is 1. The minimum Gasteiger partial charge on any atom is -0.374 e. The topological polar surface area (TPSA) is 48.0 Å². The number of amides is 1. The van der Waals surface area contributed by atoms with Crippen molar-refractivity contribution in [3.63, 3.8) is 0 Å². The Balaban J connectivity index is 2.45. The maximum absolute atomic E-state index is 11.8. The fourth-order valence-electron chi connectivity index (χ4n) is 2.59. The van der Waals surface area contributed by atoms with Crippen LogP contribution in [-0.4, -0.2) is 52.5 Å². The molecule has 0 unspecified atom stereocenters. The van der Waals surface area contributed by atoms with Crippen molar-refractivity contribution in [3.05, 3.63) is 0 Å². The van der Waals surface area contributed by atoms with Crippen LogP contribution >= 0.6 is 0 Å². The second kappa shape index (κ2) is 9.49. The van der Waals surface area contributed by atoms with Gasteiger partial charge in [-0.25, -0.2) is 0 Å². The molecule has 1 aliphatic heterocycles. The molecule has 0 aromatic heterocycles. The van der Waals surface area contributed by atoms with Crippen LogP contribution in [-0.2, 0) is 18.1 Å². The number of piperidine rings is 1. The van der Waals surface area contributed by atoms with Crippen LogP contribution in [0, 0.1) is 0 Å². The molecular weight excluding hydrogens is 274 g/mol. The highest BCUT2D eigenvalue weighted by Crippen LogP contribution is 2.19. The van der Waals surface area contributed by atoms with Crippen molar-refractivity contribution in [2.75, 3.05) is 32.9 Å². The third-order valence-corrected chi connectivity index (χ3v) is 6.58. The zero-order valence-corrected chi connectivity index (χ0v) is 14.2. The fraction of sp³-hybridized carbons (Fsp3) is 0.929. The van der Waals surface area contributed by atoms with Gasteiger partial charge in [-0.2, -0.15) is 0 Å². The van der Waals surface area contributed by atoms with E-state index in [1.807, 2.05) is 25.7 Å². The Morgan fingerprint density at radius 3 is 2.15 bits per heavy atom. The molecule has 0 aromatic carbocycles. The number of hydrogen-bond acceptors (Lipinski definition) is 4. The highest BCUT2D eigenvalue weighted by Gasteiger charge is 2.39. The normalized spacial score (nSPS) is 16.8. The molecule has 0 spiro atoms. The molecule has 0 atom stereocenters. The molecule has 0 saturated carbocycles.